The van der Waals surface area contributed by atoms with Gasteiger partial charge in [-0.25, -0.2) is 4.18 Å². The van der Waals surface area contributed by atoms with Gasteiger partial charge in [-0.15, -0.1) is 0 Å². The third kappa shape index (κ3) is 4.44. The van der Waals surface area contributed by atoms with Crippen LogP contribution in [0.1, 0.15) is 85.5 Å². The van der Waals surface area contributed by atoms with Crippen LogP contribution in [0.5, 0.6) is 0 Å². The second-order valence-corrected chi connectivity index (χ2v) is 14.0. The Morgan fingerprint density at radius 3 is 2.43 bits per heavy atom. The van der Waals surface area contributed by atoms with Gasteiger partial charge in [-0.3, -0.25) is 9.35 Å². The molecule has 4 aliphatic rings. The quantitative estimate of drug-likeness (QED) is 0.184. The third-order valence-electron chi connectivity index (χ3n) is 11.2. The van der Waals surface area contributed by atoms with Gasteiger partial charge in [-0.1, -0.05) is 26.8 Å². The van der Waals surface area contributed by atoms with Crippen molar-refractivity contribution >= 4 is 16.7 Å². The number of carbonyl (C=O) groups excluding carboxylic acids is 1. The van der Waals surface area contributed by atoms with Crippen LogP contribution in [0.4, 0.5) is 0 Å². The second-order valence-electron chi connectivity index (χ2n) is 13.0. The summed E-state index contributed by atoms with van der Waals surface area (Å²) in [6.45, 7) is 7.62. The van der Waals surface area contributed by atoms with Gasteiger partial charge in [0.2, 0.25) is 0 Å². The fourth-order valence-corrected chi connectivity index (χ4v) is 9.87. The van der Waals surface area contributed by atoms with E-state index in [-0.39, 0.29) is 30.6 Å². The van der Waals surface area contributed by atoms with Crippen molar-refractivity contribution < 1.29 is 42.4 Å². The van der Waals surface area contributed by atoms with Crippen molar-refractivity contribution in [3.8, 4) is 0 Å². The molecule has 4 rings (SSSR count). The van der Waals surface area contributed by atoms with E-state index < -0.39 is 56.7 Å². The van der Waals surface area contributed by atoms with Gasteiger partial charge in [0.1, 0.15) is 23.6 Å². The molecule has 0 amide bonds. The molecular formula is C27H44O9S. The molecule has 0 bridgehead atoms. The van der Waals surface area contributed by atoms with E-state index in [0.717, 1.165) is 6.29 Å². The highest BCUT2D eigenvalue weighted by Crippen LogP contribution is 2.71. The first-order chi connectivity index (χ1) is 17.0. The van der Waals surface area contributed by atoms with Gasteiger partial charge < -0.3 is 20.4 Å². The molecule has 212 valence electrons. The topological polar surface area (TPSA) is 162 Å². The molecule has 5 N–H and O–H groups in total. The monoisotopic (exact) mass is 544 g/mol. The van der Waals surface area contributed by atoms with Crippen LogP contribution >= 0.6 is 0 Å². The molecule has 9 nitrogen and oxygen atoms in total. The normalized spacial score (nSPS) is 49.1. The highest BCUT2D eigenvalue weighted by molar-refractivity contribution is 7.80. The van der Waals surface area contributed by atoms with Crippen LogP contribution in [-0.4, -0.2) is 69.2 Å². The van der Waals surface area contributed by atoms with Crippen LogP contribution in [0.15, 0.2) is 11.6 Å². The maximum absolute atomic E-state index is 12.6. The van der Waals surface area contributed by atoms with E-state index in [1.807, 2.05) is 26.8 Å². The molecule has 0 radical (unpaired) electrons. The number of aliphatic hydroxyl groups excluding tert-OH is 2. The molecule has 0 aromatic rings. The van der Waals surface area contributed by atoms with Crippen molar-refractivity contribution in [2.24, 2.45) is 34.5 Å². The molecule has 11 atom stereocenters. The minimum absolute atomic E-state index is 0.0101. The molecule has 0 unspecified atom stereocenters. The van der Waals surface area contributed by atoms with E-state index in [1.54, 1.807) is 6.92 Å². The predicted octanol–water partition coefficient (Wildman–Crippen LogP) is 2.57. The van der Waals surface area contributed by atoms with Crippen LogP contribution in [0.25, 0.3) is 0 Å². The predicted molar refractivity (Wildman–Crippen MR) is 136 cm³/mol. The number of rotatable bonds is 7. The number of aliphatic hydroxyl groups is 4. The standard InChI is InChI=1S/C27H44O9S/c1-16(15-28)6-5-7-17(2)19-13-23(36-37(33,34)35)27(32)25(19,4)11-9-22-24(3)10-8-18(29)12-20(24)21(30)14-26(22,27)31/h6,15,17-23,29-32H,5,7-14H2,1-4H3,(H,33,34,35)/b16-6+/t17-,18+,19-,20-,21+,22-,23+,24+,25-,26+,27+/m1/s1. The Kier molecular flexibility index (Phi) is 7.59. The molecule has 4 saturated carbocycles. The average Bonchev–Trinajstić information content (AvgIpc) is 3.02. The number of aldehydes is 1. The fraction of sp³-hybridized carbons (Fsp3) is 0.889. The van der Waals surface area contributed by atoms with Crippen LogP contribution in [0, 0.1) is 34.5 Å². The summed E-state index contributed by atoms with van der Waals surface area (Å²) in [5.41, 5.74) is -4.79. The number of hydrogen-bond acceptors (Lipinski definition) is 8. The molecule has 0 aliphatic heterocycles. The Bertz CT molecular complexity index is 1030. The summed E-state index contributed by atoms with van der Waals surface area (Å²) in [6, 6.07) is 0. The Balaban J connectivity index is 1.76. The van der Waals surface area contributed by atoms with Gasteiger partial charge in [-0.2, -0.15) is 8.42 Å². The minimum atomic E-state index is -4.94. The lowest BCUT2D eigenvalue weighted by Crippen LogP contribution is -2.77. The van der Waals surface area contributed by atoms with Crippen LogP contribution in [0.3, 0.4) is 0 Å². The smallest absolute Gasteiger partial charge is 0.393 e. The lowest BCUT2D eigenvalue weighted by molar-refractivity contribution is -0.328. The van der Waals surface area contributed by atoms with Crippen molar-refractivity contribution in [3.63, 3.8) is 0 Å². The highest BCUT2D eigenvalue weighted by atomic mass is 32.3. The zero-order valence-corrected chi connectivity index (χ0v) is 23.2. The zero-order chi connectivity index (χ0) is 27.6. The lowest BCUT2D eigenvalue weighted by Gasteiger charge is -2.68. The molecular weight excluding hydrogens is 500 g/mol. The largest absolute Gasteiger partial charge is 0.397 e. The summed E-state index contributed by atoms with van der Waals surface area (Å²) < 4.78 is 38.7. The van der Waals surface area contributed by atoms with Gasteiger partial charge in [0.25, 0.3) is 0 Å². The van der Waals surface area contributed by atoms with Crippen molar-refractivity contribution in [3.05, 3.63) is 11.6 Å². The van der Waals surface area contributed by atoms with Crippen molar-refractivity contribution in [2.75, 3.05) is 0 Å². The summed E-state index contributed by atoms with van der Waals surface area (Å²) in [7, 11) is -4.94. The van der Waals surface area contributed by atoms with E-state index >= 15 is 0 Å². The molecule has 4 fully saturated rings. The molecule has 37 heavy (non-hydrogen) atoms. The van der Waals surface area contributed by atoms with Crippen molar-refractivity contribution in [1.29, 1.82) is 0 Å². The molecule has 0 aromatic heterocycles. The highest BCUT2D eigenvalue weighted by Gasteiger charge is 2.79. The van der Waals surface area contributed by atoms with E-state index in [0.29, 0.717) is 50.5 Å². The maximum Gasteiger partial charge on any atom is 0.397 e. The molecule has 0 aromatic carbocycles. The second kappa shape index (κ2) is 9.64. The van der Waals surface area contributed by atoms with Crippen molar-refractivity contribution in [1.82, 2.24) is 0 Å². The number of carbonyl (C=O) groups is 1. The summed E-state index contributed by atoms with van der Waals surface area (Å²) >= 11 is 0. The van der Waals surface area contributed by atoms with Crippen LogP contribution in [0.2, 0.25) is 0 Å². The van der Waals surface area contributed by atoms with Crippen LogP contribution < -0.4 is 0 Å². The third-order valence-corrected chi connectivity index (χ3v) is 11.7. The molecule has 0 heterocycles. The first kappa shape index (κ1) is 29.1. The van der Waals surface area contributed by atoms with Crippen molar-refractivity contribution in [2.45, 2.75) is 115 Å². The first-order valence-corrected chi connectivity index (χ1v) is 15.0. The minimum Gasteiger partial charge on any atom is -0.393 e. The summed E-state index contributed by atoms with van der Waals surface area (Å²) in [4.78, 5) is 11.0. The molecule has 10 heteroatoms. The Labute approximate surface area is 220 Å². The zero-order valence-electron chi connectivity index (χ0n) is 22.3. The summed E-state index contributed by atoms with van der Waals surface area (Å²) in [5.74, 6) is -0.947. The first-order valence-electron chi connectivity index (χ1n) is 13.6. The number of allylic oxidation sites excluding steroid dienone is 2. The summed E-state index contributed by atoms with van der Waals surface area (Å²) in [5, 5.41) is 46.7. The summed E-state index contributed by atoms with van der Waals surface area (Å²) in [6.07, 6.45) is 3.61. The van der Waals surface area contributed by atoms with E-state index in [1.165, 1.54) is 0 Å². The number of fused-ring (bicyclic) bond motifs is 5. The van der Waals surface area contributed by atoms with Gasteiger partial charge in [0.05, 0.1) is 12.2 Å². The van der Waals surface area contributed by atoms with Gasteiger partial charge >= 0.3 is 10.4 Å². The van der Waals surface area contributed by atoms with Crippen LogP contribution in [-0.2, 0) is 19.4 Å². The van der Waals surface area contributed by atoms with Gasteiger partial charge in [0.15, 0.2) is 0 Å². The fourth-order valence-electron chi connectivity index (χ4n) is 9.36. The van der Waals surface area contributed by atoms with Gasteiger partial charge in [-0.05, 0) is 93.0 Å². The lowest BCUT2D eigenvalue weighted by atomic mass is 9.40. The van der Waals surface area contributed by atoms with Gasteiger partial charge in [0, 0.05) is 11.8 Å². The molecule has 0 saturated heterocycles. The maximum atomic E-state index is 12.6. The average molecular weight is 545 g/mol. The molecule has 4 aliphatic carbocycles. The molecule has 0 spiro atoms. The SMILES string of the molecule is C/C(C=O)=C\CC[C@@H](C)[C@H]1C[C@H](OS(=O)(=O)O)[C@]2(O)[C@]1(C)CC[C@@H]1[C@@]3(C)CC[C@H](O)C[C@@H]3[C@@H](O)C[C@]12O. The Morgan fingerprint density at radius 1 is 1.14 bits per heavy atom. The Morgan fingerprint density at radius 2 is 1.81 bits per heavy atom. The Hall–Kier alpha value is -0.880. The van der Waals surface area contributed by atoms with E-state index in [4.69, 9.17) is 4.18 Å². The number of hydrogen-bond donors (Lipinski definition) is 5. The van der Waals surface area contributed by atoms with E-state index in [2.05, 4.69) is 0 Å². The van der Waals surface area contributed by atoms with E-state index in [9.17, 15) is 38.2 Å².